The van der Waals surface area contributed by atoms with Crippen LogP contribution in [0.2, 0.25) is 0 Å². The van der Waals surface area contributed by atoms with Crippen LogP contribution in [-0.2, 0) is 24.3 Å². The number of hydrogen-bond acceptors (Lipinski definition) is 5. The van der Waals surface area contributed by atoms with E-state index in [1.54, 1.807) is 19.1 Å². The standard InChI is InChI=1S/C16H22N2O5S/c1-2-23-16(20)9-8-15(19)17-13-6-5-7-14(12-13)24(21,22)18-10-3-4-11-18/h5-7,12H,2-4,8-11H2,1H3,(H,17,19). The molecule has 1 aromatic rings. The lowest BCUT2D eigenvalue weighted by Gasteiger charge is -2.16. The first kappa shape index (κ1) is 18.4. The van der Waals surface area contributed by atoms with E-state index in [0.29, 0.717) is 18.8 Å². The third-order valence-corrected chi connectivity index (χ3v) is 5.58. The van der Waals surface area contributed by atoms with Crippen molar-refractivity contribution in [2.75, 3.05) is 25.0 Å². The van der Waals surface area contributed by atoms with Gasteiger partial charge in [-0.15, -0.1) is 0 Å². The van der Waals surface area contributed by atoms with Gasteiger partial charge in [0.1, 0.15) is 0 Å². The first-order valence-electron chi connectivity index (χ1n) is 7.99. The van der Waals surface area contributed by atoms with Crippen LogP contribution >= 0.6 is 0 Å². The first-order chi connectivity index (χ1) is 11.4. The Morgan fingerprint density at radius 1 is 1.21 bits per heavy atom. The zero-order valence-electron chi connectivity index (χ0n) is 13.7. The number of rotatable bonds is 7. The van der Waals surface area contributed by atoms with Crippen LogP contribution in [-0.4, -0.2) is 44.3 Å². The molecule has 1 saturated heterocycles. The van der Waals surface area contributed by atoms with Crippen LogP contribution in [0.25, 0.3) is 0 Å². The molecule has 1 aromatic carbocycles. The van der Waals surface area contributed by atoms with E-state index in [4.69, 9.17) is 4.74 Å². The summed E-state index contributed by atoms with van der Waals surface area (Å²) in [6, 6.07) is 6.16. The quantitative estimate of drug-likeness (QED) is 0.753. The smallest absolute Gasteiger partial charge is 0.306 e. The Labute approximate surface area is 142 Å². The van der Waals surface area contributed by atoms with Gasteiger partial charge in [-0.3, -0.25) is 9.59 Å². The Kier molecular flexibility index (Phi) is 6.33. The monoisotopic (exact) mass is 354 g/mol. The van der Waals surface area contributed by atoms with E-state index < -0.39 is 16.0 Å². The van der Waals surface area contributed by atoms with E-state index in [1.807, 2.05) is 0 Å². The summed E-state index contributed by atoms with van der Waals surface area (Å²) in [6.07, 6.45) is 1.71. The Balaban J connectivity index is 2.00. The number of carbonyl (C=O) groups excluding carboxylic acids is 2. The number of carbonyl (C=O) groups is 2. The average molecular weight is 354 g/mol. The lowest BCUT2D eigenvalue weighted by Crippen LogP contribution is -2.27. The zero-order valence-corrected chi connectivity index (χ0v) is 14.5. The molecule has 1 N–H and O–H groups in total. The summed E-state index contributed by atoms with van der Waals surface area (Å²) in [6.45, 7) is 3.03. The van der Waals surface area contributed by atoms with Crippen molar-refractivity contribution in [1.82, 2.24) is 4.31 Å². The highest BCUT2D eigenvalue weighted by Crippen LogP contribution is 2.23. The van der Waals surface area contributed by atoms with Gasteiger partial charge in [0.15, 0.2) is 0 Å². The molecule has 8 heteroatoms. The maximum atomic E-state index is 12.5. The summed E-state index contributed by atoms with van der Waals surface area (Å²) < 4.78 is 31.2. The van der Waals surface area contributed by atoms with Gasteiger partial charge in [0.25, 0.3) is 0 Å². The molecule has 24 heavy (non-hydrogen) atoms. The molecular weight excluding hydrogens is 332 g/mol. The van der Waals surface area contributed by atoms with Gasteiger partial charge in [0.05, 0.1) is 17.9 Å². The molecule has 1 aliphatic rings. The number of nitrogens with zero attached hydrogens (tertiary/aromatic N) is 1. The van der Waals surface area contributed by atoms with Crippen LogP contribution < -0.4 is 5.32 Å². The molecule has 1 fully saturated rings. The van der Waals surface area contributed by atoms with Gasteiger partial charge < -0.3 is 10.1 Å². The normalized spacial score (nSPS) is 15.2. The summed E-state index contributed by atoms with van der Waals surface area (Å²) in [5.74, 6) is -0.795. The average Bonchev–Trinajstić information content (AvgIpc) is 3.09. The van der Waals surface area contributed by atoms with Crippen molar-refractivity contribution in [2.24, 2.45) is 0 Å². The fraction of sp³-hybridized carbons (Fsp3) is 0.500. The molecule has 0 aliphatic carbocycles. The molecule has 0 radical (unpaired) electrons. The SMILES string of the molecule is CCOC(=O)CCC(=O)Nc1cccc(S(=O)(=O)N2CCCC2)c1. The van der Waals surface area contributed by atoms with E-state index >= 15 is 0 Å². The molecule has 0 unspecified atom stereocenters. The number of sulfonamides is 1. The molecule has 2 rings (SSSR count). The number of esters is 1. The molecule has 0 aromatic heterocycles. The lowest BCUT2D eigenvalue weighted by atomic mass is 10.2. The van der Waals surface area contributed by atoms with Gasteiger partial charge in [-0.25, -0.2) is 8.42 Å². The predicted octanol–water partition coefficient (Wildman–Crippen LogP) is 1.75. The number of hydrogen-bond donors (Lipinski definition) is 1. The molecule has 0 atom stereocenters. The second-order valence-electron chi connectivity index (χ2n) is 5.49. The molecular formula is C16H22N2O5S. The van der Waals surface area contributed by atoms with E-state index in [1.165, 1.54) is 16.4 Å². The van der Waals surface area contributed by atoms with Gasteiger partial charge in [-0.05, 0) is 38.0 Å². The molecule has 0 saturated carbocycles. The van der Waals surface area contributed by atoms with Crippen LogP contribution in [0.1, 0.15) is 32.6 Å². The minimum absolute atomic E-state index is 0.00849. The molecule has 132 valence electrons. The van der Waals surface area contributed by atoms with Crippen molar-refractivity contribution in [1.29, 1.82) is 0 Å². The summed E-state index contributed by atoms with van der Waals surface area (Å²) in [4.78, 5) is 23.3. The van der Waals surface area contributed by atoms with Crippen LogP contribution in [0.4, 0.5) is 5.69 Å². The minimum Gasteiger partial charge on any atom is -0.466 e. The third kappa shape index (κ3) is 4.78. The van der Waals surface area contributed by atoms with Crippen LogP contribution in [0, 0.1) is 0 Å². The fourth-order valence-electron chi connectivity index (χ4n) is 2.48. The number of nitrogens with one attached hydrogen (secondary N) is 1. The maximum absolute atomic E-state index is 12.5. The highest BCUT2D eigenvalue weighted by Gasteiger charge is 2.27. The Bertz CT molecular complexity index is 696. The van der Waals surface area contributed by atoms with Crippen molar-refractivity contribution >= 4 is 27.6 Å². The van der Waals surface area contributed by atoms with Crippen molar-refractivity contribution in [3.05, 3.63) is 24.3 Å². The van der Waals surface area contributed by atoms with Crippen molar-refractivity contribution < 1.29 is 22.7 Å². The van der Waals surface area contributed by atoms with Gasteiger partial charge in [0.2, 0.25) is 15.9 Å². The van der Waals surface area contributed by atoms with Crippen molar-refractivity contribution in [3.63, 3.8) is 0 Å². The van der Waals surface area contributed by atoms with Crippen molar-refractivity contribution in [2.45, 2.75) is 37.5 Å². The Hall–Kier alpha value is -1.93. The summed E-state index contributed by atoms with van der Waals surface area (Å²) in [7, 11) is -3.52. The molecule has 7 nitrogen and oxygen atoms in total. The highest BCUT2D eigenvalue weighted by atomic mass is 32.2. The molecule has 0 spiro atoms. The largest absolute Gasteiger partial charge is 0.466 e. The van der Waals surface area contributed by atoms with Crippen LogP contribution in [0.15, 0.2) is 29.2 Å². The molecule has 1 heterocycles. The molecule has 1 amide bonds. The highest BCUT2D eigenvalue weighted by molar-refractivity contribution is 7.89. The van der Waals surface area contributed by atoms with Gasteiger partial charge in [-0.2, -0.15) is 4.31 Å². The summed E-state index contributed by atoms with van der Waals surface area (Å²) in [5, 5.41) is 2.61. The third-order valence-electron chi connectivity index (χ3n) is 3.68. The van der Waals surface area contributed by atoms with E-state index in [-0.39, 0.29) is 30.3 Å². The maximum Gasteiger partial charge on any atom is 0.306 e. The van der Waals surface area contributed by atoms with Gasteiger partial charge in [-0.1, -0.05) is 6.07 Å². The van der Waals surface area contributed by atoms with Gasteiger partial charge in [0, 0.05) is 25.2 Å². The summed E-state index contributed by atoms with van der Waals surface area (Å²) >= 11 is 0. The van der Waals surface area contributed by atoms with Gasteiger partial charge >= 0.3 is 5.97 Å². The first-order valence-corrected chi connectivity index (χ1v) is 9.43. The van der Waals surface area contributed by atoms with E-state index in [9.17, 15) is 18.0 Å². The van der Waals surface area contributed by atoms with Crippen LogP contribution in [0.5, 0.6) is 0 Å². The lowest BCUT2D eigenvalue weighted by molar-refractivity contribution is -0.144. The van der Waals surface area contributed by atoms with E-state index in [2.05, 4.69) is 5.32 Å². The molecule has 1 aliphatic heterocycles. The second-order valence-corrected chi connectivity index (χ2v) is 7.43. The summed E-state index contributed by atoms with van der Waals surface area (Å²) in [5.41, 5.74) is 0.393. The molecule has 0 bridgehead atoms. The minimum atomic E-state index is -3.52. The topological polar surface area (TPSA) is 92.8 Å². The van der Waals surface area contributed by atoms with Crippen LogP contribution in [0.3, 0.4) is 0 Å². The van der Waals surface area contributed by atoms with Crippen molar-refractivity contribution in [3.8, 4) is 0 Å². The number of benzene rings is 1. The second kappa shape index (κ2) is 8.25. The number of ether oxygens (including phenoxy) is 1. The number of anilines is 1. The van der Waals surface area contributed by atoms with E-state index in [0.717, 1.165) is 12.8 Å². The predicted molar refractivity (Wildman–Crippen MR) is 88.9 cm³/mol. The fourth-order valence-corrected chi connectivity index (χ4v) is 4.05. The number of amides is 1. The zero-order chi connectivity index (χ0) is 17.6. The Morgan fingerprint density at radius 3 is 2.58 bits per heavy atom. The Morgan fingerprint density at radius 2 is 1.92 bits per heavy atom.